The van der Waals surface area contributed by atoms with Crippen LogP contribution in [0.1, 0.15) is 24.3 Å². The van der Waals surface area contributed by atoms with Gasteiger partial charge in [-0.05, 0) is 24.2 Å². The Morgan fingerprint density at radius 2 is 2.00 bits per heavy atom. The molecule has 1 rings (SSSR count). The molecule has 0 aliphatic heterocycles. The van der Waals surface area contributed by atoms with Crippen molar-refractivity contribution in [3.05, 3.63) is 35.9 Å². The number of hydrogen-bond acceptors (Lipinski definition) is 2. The number of rotatable bonds is 5. The molecule has 0 radical (unpaired) electrons. The monoisotopic (exact) mass is 210 g/mol. The van der Waals surface area contributed by atoms with Crippen molar-refractivity contribution in [1.29, 1.82) is 0 Å². The molecular formula is C11H14O2S. The molecule has 76 valence electrons. The smallest absolute Gasteiger partial charge is 0.310 e. The van der Waals surface area contributed by atoms with Crippen LogP contribution in [0.2, 0.25) is 0 Å². The lowest BCUT2D eigenvalue weighted by molar-refractivity contribution is -0.139. The summed E-state index contributed by atoms with van der Waals surface area (Å²) in [5, 5.41) is 9.03. The second kappa shape index (κ2) is 5.70. The first-order valence-electron chi connectivity index (χ1n) is 4.64. The van der Waals surface area contributed by atoms with Crippen LogP contribution < -0.4 is 0 Å². The average molecular weight is 210 g/mol. The Hall–Kier alpha value is -0.960. The van der Waals surface area contributed by atoms with Crippen molar-refractivity contribution in [3.8, 4) is 0 Å². The molecule has 2 nitrogen and oxygen atoms in total. The predicted molar refractivity (Wildman–Crippen MR) is 59.9 cm³/mol. The molecule has 1 N–H and O–H groups in total. The molecule has 0 heterocycles. The van der Waals surface area contributed by atoms with Gasteiger partial charge in [0.15, 0.2) is 0 Å². The third kappa shape index (κ3) is 3.07. The first kappa shape index (κ1) is 11.1. The molecule has 1 atom stereocenters. The fourth-order valence-corrected chi connectivity index (χ4v) is 1.60. The summed E-state index contributed by atoms with van der Waals surface area (Å²) in [6, 6.07) is 9.34. The van der Waals surface area contributed by atoms with Crippen LogP contribution in [0.4, 0.5) is 0 Å². The van der Waals surface area contributed by atoms with E-state index in [4.69, 9.17) is 5.11 Å². The molecule has 1 unspecified atom stereocenters. The summed E-state index contributed by atoms with van der Waals surface area (Å²) in [4.78, 5) is 11.0. The van der Waals surface area contributed by atoms with Crippen LogP contribution in [-0.4, -0.2) is 16.8 Å². The summed E-state index contributed by atoms with van der Waals surface area (Å²) in [7, 11) is 0. The lowest BCUT2D eigenvalue weighted by Gasteiger charge is -2.11. The summed E-state index contributed by atoms with van der Waals surface area (Å²) < 4.78 is 0. The van der Waals surface area contributed by atoms with Gasteiger partial charge in [-0.2, -0.15) is 12.6 Å². The van der Waals surface area contributed by atoms with Crippen molar-refractivity contribution < 1.29 is 9.90 Å². The minimum atomic E-state index is -0.752. The van der Waals surface area contributed by atoms with E-state index < -0.39 is 5.97 Å². The van der Waals surface area contributed by atoms with Gasteiger partial charge in [0.2, 0.25) is 0 Å². The molecule has 0 saturated carbocycles. The number of benzene rings is 1. The zero-order chi connectivity index (χ0) is 10.4. The van der Waals surface area contributed by atoms with Gasteiger partial charge in [-0.15, -0.1) is 0 Å². The van der Waals surface area contributed by atoms with Crippen LogP contribution in [0.25, 0.3) is 0 Å². The minimum Gasteiger partial charge on any atom is -0.481 e. The van der Waals surface area contributed by atoms with Crippen molar-refractivity contribution in [2.24, 2.45) is 0 Å². The highest BCUT2D eigenvalue weighted by atomic mass is 32.1. The Balaban J connectivity index is 2.73. The molecular weight excluding hydrogens is 196 g/mol. The van der Waals surface area contributed by atoms with Gasteiger partial charge in [0, 0.05) is 0 Å². The summed E-state index contributed by atoms with van der Waals surface area (Å²) in [6.07, 6.45) is 1.48. The van der Waals surface area contributed by atoms with E-state index in [1.54, 1.807) is 0 Å². The zero-order valence-electron chi connectivity index (χ0n) is 7.89. The number of carboxylic acid groups (broad SMARTS) is 1. The van der Waals surface area contributed by atoms with E-state index in [1.807, 2.05) is 30.3 Å². The molecule has 0 fully saturated rings. The SMILES string of the molecule is O=C(O)C(CCCS)c1ccccc1. The van der Waals surface area contributed by atoms with E-state index in [-0.39, 0.29) is 5.92 Å². The van der Waals surface area contributed by atoms with Crippen LogP contribution >= 0.6 is 12.6 Å². The van der Waals surface area contributed by atoms with Gasteiger partial charge in [0.25, 0.3) is 0 Å². The van der Waals surface area contributed by atoms with Crippen molar-refractivity contribution in [2.45, 2.75) is 18.8 Å². The van der Waals surface area contributed by atoms with E-state index >= 15 is 0 Å². The van der Waals surface area contributed by atoms with Gasteiger partial charge in [0.1, 0.15) is 0 Å². The minimum absolute atomic E-state index is 0.386. The maximum atomic E-state index is 11.0. The Bertz CT molecular complexity index is 285. The topological polar surface area (TPSA) is 37.3 Å². The molecule has 0 bridgehead atoms. The third-order valence-electron chi connectivity index (χ3n) is 2.15. The van der Waals surface area contributed by atoms with Gasteiger partial charge >= 0.3 is 5.97 Å². The summed E-state index contributed by atoms with van der Waals surface area (Å²) in [5.41, 5.74) is 0.877. The van der Waals surface area contributed by atoms with E-state index in [1.165, 1.54) is 0 Å². The molecule has 14 heavy (non-hydrogen) atoms. The first-order valence-corrected chi connectivity index (χ1v) is 5.27. The van der Waals surface area contributed by atoms with Gasteiger partial charge in [0.05, 0.1) is 5.92 Å². The molecule has 0 spiro atoms. The largest absolute Gasteiger partial charge is 0.481 e. The number of aliphatic carboxylic acids is 1. The van der Waals surface area contributed by atoms with Gasteiger partial charge in [-0.3, -0.25) is 4.79 Å². The third-order valence-corrected chi connectivity index (χ3v) is 2.47. The standard InChI is InChI=1S/C11H14O2S/c12-11(13)10(7-4-8-14)9-5-2-1-3-6-9/h1-3,5-6,10,14H,4,7-8H2,(H,12,13). The summed E-state index contributed by atoms with van der Waals surface area (Å²) in [6.45, 7) is 0. The van der Waals surface area contributed by atoms with E-state index in [2.05, 4.69) is 12.6 Å². The van der Waals surface area contributed by atoms with Crippen LogP contribution in [0.15, 0.2) is 30.3 Å². The fourth-order valence-electron chi connectivity index (χ4n) is 1.41. The first-order chi connectivity index (χ1) is 6.75. The van der Waals surface area contributed by atoms with E-state index in [9.17, 15) is 4.79 Å². The molecule has 0 aliphatic rings. The zero-order valence-corrected chi connectivity index (χ0v) is 8.78. The van der Waals surface area contributed by atoms with Crippen molar-refractivity contribution >= 4 is 18.6 Å². The second-order valence-corrected chi connectivity index (χ2v) is 3.61. The average Bonchev–Trinajstić information content (AvgIpc) is 2.19. The molecule has 0 amide bonds. The van der Waals surface area contributed by atoms with Crippen molar-refractivity contribution in [2.75, 3.05) is 5.75 Å². The number of hydrogen-bond donors (Lipinski definition) is 2. The Labute approximate surface area is 89.4 Å². The van der Waals surface area contributed by atoms with Crippen molar-refractivity contribution in [3.63, 3.8) is 0 Å². The van der Waals surface area contributed by atoms with Crippen LogP contribution in [0.3, 0.4) is 0 Å². The molecule has 0 aliphatic carbocycles. The second-order valence-electron chi connectivity index (χ2n) is 3.17. The highest BCUT2D eigenvalue weighted by Crippen LogP contribution is 2.21. The van der Waals surface area contributed by atoms with E-state index in [0.717, 1.165) is 17.7 Å². The lowest BCUT2D eigenvalue weighted by atomic mass is 9.95. The maximum absolute atomic E-state index is 11.0. The van der Waals surface area contributed by atoms with Crippen LogP contribution in [0, 0.1) is 0 Å². The van der Waals surface area contributed by atoms with Gasteiger partial charge in [-0.1, -0.05) is 30.3 Å². The van der Waals surface area contributed by atoms with Gasteiger partial charge in [-0.25, -0.2) is 0 Å². The van der Waals surface area contributed by atoms with E-state index in [0.29, 0.717) is 6.42 Å². The molecule has 0 saturated heterocycles. The van der Waals surface area contributed by atoms with Crippen LogP contribution in [-0.2, 0) is 4.79 Å². The Morgan fingerprint density at radius 3 is 2.50 bits per heavy atom. The maximum Gasteiger partial charge on any atom is 0.310 e. The Morgan fingerprint density at radius 1 is 1.36 bits per heavy atom. The lowest BCUT2D eigenvalue weighted by Crippen LogP contribution is -2.11. The normalized spacial score (nSPS) is 12.4. The Kier molecular flexibility index (Phi) is 4.53. The quantitative estimate of drug-likeness (QED) is 0.733. The molecule has 0 aromatic heterocycles. The van der Waals surface area contributed by atoms with Gasteiger partial charge < -0.3 is 5.11 Å². The fraction of sp³-hybridized carbons (Fsp3) is 0.364. The molecule has 1 aromatic rings. The number of carboxylic acids is 1. The summed E-state index contributed by atoms with van der Waals surface area (Å²) >= 11 is 4.08. The predicted octanol–water partition coefficient (Wildman–Crippen LogP) is 2.56. The molecule has 1 aromatic carbocycles. The number of carbonyl (C=O) groups is 1. The molecule has 3 heteroatoms. The van der Waals surface area contributed by atoms with Crippen LogP contribution in [0.5, 0.6) is 0 Å². The summed E-state index contributed by atoms with van der Waals surface area (Å²) in [5.74, 6) is -0.405. The van der Waals surface area contributed by atoms with Crippen molar-refractivity contribution in [1.82, 2.24) is 0 Å². The highest BCUT2D eigenvalue weighted by molar-refractivity contribution is 7.80. The number of thiol groups is 1. The highest BCUT2D eigenvalue weighted by Gasteiger charge is 2.18.